The van der Waals surface area contributed by atoms with E-state index >= 15 is 0 Å². The van der Waals surface area contributed by atoms with Crippen LogP contribution < -0.4 is 14.7 Å². The van der Waals surface area contributed by atoms with Crippen molar-refractivity contribution >= 4 is 55.5 Å². The Morgan fingerprint density at radius 1 is 1.12 bits per heavy atom. The van der Waals surface area contributed by atoms with Gasteiger partial charge in [0.1, 0.15) is 0 Å². The molecule has 0 spiro atoms. The quantitative estimate of drug-likeness (QED) is 0.347. The Labute approximate surface area is 100 Å². The van der Waals surface area contributed by atoms with Crippen molar-refractivity contribution in [1.29, 1.82) is 0 Å². The van der Waals surface area contributed by atoms with Crippen molar-refractivity contribution in [3.05, 3.63) is 0 Å². The fraction of sp³-hybridized carbons (Fsp3) is 0. The van der Waals surface area contributed by atoms with Gasteiger partial charge in [-0.3, -0.25) is 0 Å². The van der Waals surface area contributed by atoms with Crippen molar-refractivity contribution in [3.8, 4) is 0 Å². The molecular weight excluding hydrogens is 278 g/mol. The maximum absolute atomic E-state index is 8.55. The van der Waals surface area contributed by atoms with E-state index in [0.717, 1.165) is 0 Å². The minimum atomic E-state index is -5.39. The van der Waals surface area contributed by atoms with Gasteiger partial charge in [0, 0.05) is 0 Å². The fourth-order valence-corrected chi connectivity index (χ4v) is 0. The van der Waals surface area contributed by atoms with Crippen LogP contribution in [0, 0.1) is 0 Å². The molecule has 0 aliphatic carbocycles. The Hall–Kier alpha value is 2.72. The van der Waals surface area contributed by atoms with Crippen LogP contribution in [-0.2, 0) is 31.9 Å². The Balaban J connectivity index is -0.0000000267. The zero-order valence-corrected chi connectivity index (χ0v) is 12.8. The second kappa shape index (κ2) is 9.72. The molecule has 40 valence electrons. The van der Waals surface area contributed by atoms with E-state index in [2.05, 4.69) is 0 Å². The summed E-state index contributed by atoms with van der Waals surface area (Å²) in [6.07, 6.45) is 0. The molecule has 0 aromatic rings. The summed E-state index contributed by atoms with van der Waals surface area (Å²) in [5.74, 6) is 0. The molecule has 0 aliphatic heterocycles. The molecule has 8 heteroatoms. The molecule has 8 heavy (non-hydrogen) atoms. The summed E-state index contributed by atoms with van der Waals surface area (Å²) in [4.78, 5) is 25.6. The van der Waals surface area contributed by atoms with Gasteiger partial charge in [-0.2, -0.15) is 17.7 Å². The molecule has 0 heterocycles. The molecule has 0 bridgehead atoms. The van der Waals surface area contributed by atoms with Crippen molar-refractivity contribution in [2.75, 3.05) is 0 Å². The van der Waals surface area contributed by atoms with Crippen LogP contribution in [-0.4, -0.2) is 37.7 Å². The van der Waals surface area contributed by atoms with Crippen molar-refractivity contribution in [2.45, 2.75) is 0 Å². The smallest absolute Gasteiger partial charge is 0.822 e. The first-order valence-corrected chi connectivity index (χ1v) is 2.19. The van der Waals surface area contributed by atoms with E-state index in [1.807, 2.05) is 0 Å². The molecule has 4 nitrogen and oxygen atoms in total. The van der Waals surface area contributed by atoms with Gasteiger partial charge in [0.2, 0.25) is 0 Å². The van der Waals surface area contributed by atoms with Crippen molar-refractivity contribution < 1.29 is 46.5 Å². The molecule has 0 saturated carbocycles. The van der Waals surface area contributed by atoms with Gasteiger partial charge in [-0.15, -0.1) is 0 Å². The first-order valence-electron chi connectivity index (χ1n) is 0.730. The Bertz CT molecular complexity index is 60.2. The maximum atomic E-state index is 8.55. The second-order valence-electron chi connectivity index (χ2n) is 0.447. The van der Waals surface area contributed by atoms with Gasteiger partial charge >= 0.3 is 65.0 Å². The van der Waals surface area contributed by atoms with Crippen LogP contribution in [0.1, 0.15) is 0 Å². The Morgan fingerprint density at radius 2 is 1.12 bits per heavy atom. The molecule has 1 atom stereocenters. The molecule has 0 aromatic heterocycles. The summed E-state index contributed by atoms with van der Waals surface area (Å²) < 4.78 is 8.55. The predicted octanol–water partition coefficient (Wildman–Crippen LogP) is -3.15. The monoisotopic (exact) mass is 283 g/mol. The molecular formula is H3CaCdO4P2+. The van der Waals surface area contributed by atoms with E-state index in [1.165, 1.54) is 0 Å². The zero-order valence-electron chi connectivity index (χ0n) is 4.20. The number of hydrogen-bond donors (Lipinski definition) is 0. The molecule has 1 unspecified atom stereocenters. The fourth-order valence-electron chi connectivity index (χ4n) is 0. The van der Waals surface area contributed by atoms with Crippen LogP contribution >= 0.6 is 17.7 Å². The molecule has 0 saturated heterocycles. The third kappa shape index (κ3) is 70.2. The first-order chi connectivity index (χ1) is 2.00. The maximum Gasteiger partial charge on any atom is 2.00 e. The summed E-state index contributed by atoms with van der Waals surface area (Å²) in [6.45, 7) is 0. The van der Waals surface area contributed by atoms with Crippen LogP contribution in [0.5, 0.6) is 0 Å². The van der Waals surface area contributed by atoms with E-state index in [-0.39, 0.29) is 74.9 Å². The normalized spacial score (nSPS) is 7.38. The third-order valence-electron chi connectivity index (χ3n) is 0. The summed E-state index contributed by atoms with van der Waals surface area (Å²) in [7, 11) is -5.39. The van der Waals surface area contributed by atoms with Crippen molar-refractivity contribution in [1.82, 2.24) is 0 Å². The first kappa shape index (κ1) is 22.4. The molecule has 0 rings (SSSR count). The predicted molar refractivity (Wildman–Crippen MR) is 24.5 cm³/mol. The summed E-state index contributed by atoms with van der Waals surface area (Å²) in [5.41, 5.74) is 0. The van der Waals surface area contributed by atoms with Gasteiger partial charge in [0.25, 0.3) is 0 Å². The van der Waals surface area contributed by atoms with Gasteiger partial charge in [0.15, 0.2) is 0 Å². The SMILES string of the molecule is O=P([O-])([O-])[O-].P.[Ca+2].[Cd+2]. The van der Waals surface area contributed by atoms with Crippen LogP contribution in [0.15, 0.2) is 0 Å². The zero-order chi connectivity index (χ0) is 4.50. The largest absolute Gasteiger partial charge is 2.00 e. The van der Waals surface area contributed by atoms with Crippen LogP contribution in [0.25, 0.3) is 0 Å². The summed E-state index contributed by atoms with van der Waals surface area (Å²) in [5, 5.41) is 0. The Morgan fingerprint density at radius 3 is 1.12 bits per heavy atom. The number of hydrogen-bond acceptors (Lipinski definition) is 4. The molecule has 0 fully saturated rings. The van der Waals surface area contributed by atoms with Gasteiger partial charge < -0.3 is 19.2 Å². The minimum absolute atomic E-state index is 0. The summed E-state index contributed by atoms with van der Waals surface area (Å²) in [6, 6.07) is 0. The minimum Gasteiger partial charge on any atom is -0.822 e. The molecule has 0 N–H and O–H groups in total. The molecule has 0 radical (unpaired) electrons. The van der Waals surface area contributed by atoms with Gasteiger partial charge in [-0.1, -0.05) is 0 Å². The second-order valence-corrected chi connectivity index (χ2v) is 1.34. The van der Waals surface area contributed by atoms with E-state index in [4.69, 9.17) is 19.2 Å². The van der Waals surface area contributed by atoms with E-state index in [1.54, 1.807) is 0 Å². The molecule has 0 aliphatic rings. The van der Waals surface area contributed by atoms with Gasteiger partial charge in [-0.25, -0.2) is 0 Å². The van der Waals surface area contributed by atoms with Crippen molar-refractivity contribution in [2.24, 2.45) is 0 Å². The average Bonchev–Trinajstić information content (AvgIpc) is 0.722. The number of phosphoric acid groups is 1. The van der Waals surface area contributed by atoms with Gasteiger partial charge in [-0.05, 0) is 0 Å². The van der Waals surface area contributed by atoms with E-state index in [0.29, 0.717) is 0 Å². The van der Waals surface area contributed by atoms with E-state index in [9.17, 15) is 0 Å². The van der Waals surface area contributed by atoms with Crippen molar-refractivity contribution in [3.63, 3.8) is 0 Å². The van der Waals surface area contributed by atoms with Crippen LogP contribution in [0.4, 0.5) is 0 Å². The van der Waals surface area contributed by atoms with Crippen LogP contribution in [0.2, 0.25) is 0 Å². The summed E-state index contributed by atoms with van der Waals surface area (Å²) >= 11 is 0. The van der Waals surface area contributed by atoms with Gasteiger partial charge in [0.05, 0.1) is 0 Å². The third-order valence-corrected chi connectivity index (χ3v) is 0. The molecule has 0 aromatic carbocycles. The average molecular weight is 281 g/mol. The Kier molecular flexibility index (Phi) is 27.3. The van der Waals surface area contributed by atoms with Crippen LogP contribution in [0.3, 0.4) is 0 Å². The topological polar surface area (TPSA) is 86.2 Å². The standard InChI is InChI=1S/Ca.Cd.H3O4P.H3P/c;;1-5(2,3)4;/h;;(H3,1,2,3,4);1H3/q2*+2;;/p-3. The van der Waals surface area contributed by atoms with E-state index < -0.39 is 7.82 Å². The molecule has 0 amide bonds. The number of rotatable bonds is 0.